The van der Waals surface area contributed by atoms with E-state index in [-0.39, 0.29) is 28.9 Å². The van der Waals surface area contributed by atoms with Gasteiger partial charge in [-0.05, 0) is 69.8 Å². The summed E-state index contributed by atoms with van der Waals surface area (Å²) in [6.45, 7) is 4.59. The van der Waals surface area contributed by atoms with Crippen molar-refractivity contribution >= 4 is 22.0 Å². The van der Waals surface area contributed by atoms with Crippen LogP contribution in [0.5, 0.6) is 0 Å². The highest BCUT2D eigenvalue weighted by molar-refractivity contribution is 7.89. The molecule has 1 aromatic rings. The fourth-order valence-corrected chi connectivity index (χ4v) is 5.47. The molecule has 0 unspecified atom stereocenters. The van der Waals surface area contributed by atoms with Crippen LogP contribution in [-0.2, 0) is 10.0 Å². The number of hydrogen-bond acceptors (Lipinski definition) is 4. The average Bonchev–Trinajstić information content (AvgIpc) is 2.76. The number of benzene rings is 1. The Balaban J connectivity index is 1.58. The van der Waals surface area contributed by atoms with Gasteiger partial charge in [0.25, 0.3) is 5.91 Å². The summed E-state index contributed by atoms with van der Waals surface area (Å²) in [6, 6.07) is 3.39. The van der Waals surface area contributed by atoms with Crippen LogP contribution in [-0.4, -0.2) is 57.5 Å². The molecule has 3 amide bonds. The van der Waals surface area contributed by atoms with Gasteiger partial charge >= 0.3 is 6.03 Å². The van der Waals surface area contributed by atoms with Crippen LogP contribution in [0.2, 0.25) is 0 Å². The Morgan fingerprint density at radius 3 is 2.10 bits per heavy atom. The number of likely N-dealkylation sites (tertiary alicyclic amines) is 1. The molecule has 2 aliphatic rings. The second kappa shape index (κ2) is 9.99. The zero-order valence-corrected chi connectivity index (χ0v) is 19.5. The topological polar surface area (TPSA) is 108 Å². The number of amides is 3. The smallest absolute Gasteiger partial charge is 0.315 e. The van der Waals surface area contributed by atoms with E-state index in [0.29, 0.717) is 37.1 Å². The molecule has 0 bridgehead atoms. The molecule has 9 heteroatoms. The summed E-state index contributed by atoms with van der Waals surface area (Å²) >= 11 is 0. The van der Waals surface area contributed by atoms with Gasteiger partial charge in [-0.2, -0.15) is 0 Å². The summed E-state index contributed by atoms with van der Waals surface area (Å²) < 4.78 is 27.0. The van der Waals surface area contributed by atoms with E-state index in [4.69, 9.17) is 0 Å². The van der Waals surface area contributed by atoms with E-state index < -0.39 is 10.0 Å². The molecule has 172 valence electrons. The van der Waals surface area contributed by atoms with Crippen LogP contribution in [0.1, 0.15) is 66.4 Å². The minimum atomic E-state index is -3.65. The minimum absolute atomic E-state index is 0.0348. The van der Waals surface area contributed by atoms with Crippen LogP contribution in [0.15, 0.2) is 17.0 Å². The maximum Gasteiger partial charge on any atom is 0.315 e. The van der Waals surface area contributed by atoms with Crippen LogP contribution in [0.25, 0.3) is 0 Å². The quantitative estimate of drug-likeness (QED) is 0.640. The summed E-state index contributed by atoms with van der Waals surface area (Å²) in [5.74, 6) is -0.180. The predicted octanol–water partition coefficient (Wildman–Crippen LogP) is 2.45. The monoisotopic (exact) mass is 450 g/mol. The highest BCUT2D eigenvalue weighted by Gasteiger charge is 2.27. The van der Waals surface area contributed by atoms with Crippen molar-refractivity contribution < 1.29 is 18.0 Å². The van der Waals surface area contributed by atoms with Crippen LogP contribution in [0, 0.1) is 13.8 Å². The third-order valence-corrected chi connectivity index (χ3v) is 8.02. The van der Waals surface area contributed by atoms with Gasteiger partial charge in [0.1, 0.15) is 0 Å². The number of hydrogen-bond donors (Lipinski definition) is 3. The molecule has 0 atom stereocenters. The van der Waals surface area contributed by atoms with E-state index >= 15 is 0 Å². The zero-order valence-electron chi connectivity index (χ0n) is 18.7. The largest absolute Gasteiger partial charge is 0.338 e. The maximum absolute atomic E-state index is 13.0. The van der Waals surface area contributed by atoms with Gasteiger partial charge in [0.2, 0.25) is 10.0 Å². The Hall–Kier alpha value is -2.13. The van der Waals surface area contributed by atoms with Gasteiger partial charge < -0.3 is 15.5 Å². The average molecular weight is 451 g/mol. The second-order valence-electron chi connectivity index (χ2n) is 8.64. The van der Waals surface area contributed by atoms with Gasteiger partial charge in [-0.25, -0.2) is 17.9 Å². The molecule has 31 heavy (non-hydrogen) atoms. The molecule has 8 nitrogen and oxygen atoms in total. The van der Waals surface area contributed by atoms with E-state index in [2.05, 4.69) is 15.4 Å². The maximum atomic E-state index is 13.0. The van der Waals surface area contributed by atoms with E-state index in [1.54, 1.807) is 17.9 Å². The molecule has 1 aromatic carbocycles. The van der Waals surface area contributed by atoms with Crippen molar-refractivity contribution in [2.24, 2.45) is 0 Å². The number of nitrogens with one attached hydrogen (secondary N) is 3. The van der Waals surface area contributed by atoms with Crippen LogP contribution >= 0.6 is 0 Å². The number of sulfonamides is 1. The van der Waals surface area contributed by atoms with Gasteiger partial charge in [0, 0.05) is 30.7 Å². The van der Waals surface area contributed by atoms with Crippen molar-refractivity contribution in [3.63, 3.8) is 0 Å². The lowest BCUT2D eigenvalue weighted by Crippen LogP contribution is -2.51. The SMILES string of the molecule is CNS(=O)(=O)c1cc(C(=O)N2CCC(NC(=O)NC3CCCCC3)CC2)cc(C)c1C. The molecule has 2 fully saturated rings. The number of urea groups is 1. The number of nitrogens with zero attached hydrogens (tertiary/aromatic N) is 1. The molecular formula is C22H34N4O4S. The third-order valence-electron chi connectivity index (χ3n) is 6.48. The summed E-state index contributed by atoms with van der Waals surface area (Å²) in [5, 5.41) is 6.11. The molecule has 1 aliphatic carbocycles. The Labute approximate surface area is 185 Å². The normalized spacial score (nSPS) is 18.6. The van der Waals surface area contributed by atoms with Gasteiger partial charge in [-0.3, -0.25) is 4.79 Å². The molecule has 3 rings (SSSR count). The standard InChI is InChI=1S/C22H34N4O4S/c1-15-13-17(14-20(16(15)2)31(29,30)23-3)21(27)26-11-9-19(10-12-26)25-22(28)24-18-7-5-4-6-8-18/h13-14,18-19,23H,4-12H2,1-3H3,(H2,24,25,28). The van der Waals surface area contributed by atoms with Gasteiger partial charge in [0.05, 0.1) is 4.90 Å². The first-order valence-corrected chi connectivity index (χ1v) is 12.6. The molecule has 0 spiro atoms. The van der Waals surface area contributed by atoms with E-state index in [0.717, 1.165) is 18.4 Å². The van der Waals surface area contributed by atoms with Gasteiger partial charge in [0.15, 0.2) is 0 Å². The molecular weight excluding hydrogens is 416 g/mol. The van der Waals surface area contributed by atoms with E-state index in [9.17, 15) is 18.0 Å². The number of rotatable bonds is 5. The predicted molar refractivity (Wildman–Crippen MR) is 120 cm³/mol. The first-order valence-electron chi connectivity index (χ1n) is 11.1. The number of carbonyl (C=O) groups is 2. The van der Waals surface area contributed by atoms with Crippen molar-refractivity contribution in [1.29, 1.82) is 0 Å². The van der Waals surface area contributed by atoms with Crippen molar-refractivity contribution in [3.8, 4) is 0 Å². The van der Waals surface area contributed by atoms with E-state index in [1.165, 1.54) is 32.4 Å². The Bertz CT molecular complexity index is 918. The van der Waals surface area contributed by atoms with Crippen molar-refractivity contribution in [2.75, 3.05) is 20.1 Å². The van der Waals surface area contributed by atoms with E-state index in [1.807, 2.05) is 6.92 Å². The fraction of sp³-hybridized carbons (Fsp3) is 0.636. The summed E-state index contributed by atoms with van der Waals surface area (Å²) in [6.07, 6.45) is 7.02. The van der Waals surface area contributed by atoms with Crippen molar-refractivity contribution in [3.05, 3.63) is 28.8 Å². The van der Waals surface area contributed by atoms with Gasteiger partial charge in [-0.15, -0.1) is 0 Å². The molecule has 1 heterocycles. The summed E-state index contributed by atoms with van der Waals surface area (Å²) in [5.41, 5.74) is 1.77. The van der Waals surface area contributed by atoms with Crippen LogP contribution < -0.4 is 15.4 Å². The summed E-state index contributed by atoms with van der Waals surface area (Å²) in [7, 11) is -2.29. The van der Waals surface area contributed by atoms with Crippen LogP contribution in [0.4, 0.5) is 4.79 Å². The lowest BCUT2D eigenvalue weighted by Gasteiger charge is -2.33. The molecule has 1 saturated carbocycles. The van der Waals surface area contributed by atoms with Crippen molar-refractivity contribution in [1.82, 2.24) is 20.3 Å². The van der Waals surface area contributed by atoms with Gasteiger partial charge in [-0.1, -0.05) is 19.3 Å². The fourth-order valence-electron chi connectivity index (χ4n) is 4.41. The Kier molecular flexibility index (Phi) is 7.59. The lowest BCUT2D eigenvalue weighted by molar-refractivity contribution is 0.0708. The number of carbonyl (C=O) groups excluding carboxylic acids is 2. The molecule has 1 aliphatic heterocycles. The number of piperidine rings is 1. The third kappa shape index (κ3) is 5.77. The molecule has 1 saturated heterocycles. The molecule has 0 radical (unpaired) electrons. The molecule has 3 N–H and O–H groups in total. The highest BCUT2D eigenvalue weighted by Crippen LogP contribution is 2.23. The minimum Gasteiger partial charge on any atom is -0.338 e. The highest BCUT2D eigenvalue weighted by atomic mass is 32.2. The van der Waals surface area contributed by atoms with Crippen molar-refractivity contribution in [2.45, 2.75) is 75.8 Å². The zero-order chi connectivity index (χ0) is 22.6. The molecule has 0 aromatic heterocycles. The first kappa shape index (κ1) is 23.5. The Morgan fingerprint density at radius 2 is 1.52 bits per heavy atom. The summed E-state index contributed by atoms with van der Waals surface area (Å²) in [4.78, 5) is 27.2. The second-order valence-corrected chi connectivity index (χ2v) is 10.5. The first-order chi connectivity index (χ1) is 14.7. The Morgan fingerprint density at radius 1 is 0.935 bits per heavy atom. The van der Waals surface area contributed by atoms with Crippen LogP contribution in [0.3, 0.4) is 0 Å². The number of aryl methyl sites for hydroxylation is 1. The lowest BCUT2D eigenvalue weighted by atomic mass is 9.96.